The van der Waals surface area contributed by atoms with Crippen molar-refractivity contribution in [3.63, 3.8) is 0 Å². The predicted molar refractivity (Wildman–Crippen MR) is 150 cm³/mol. The molecular weight excluding hydrogens is 543 g/mol. The van der Waals surface area contributed by atoms with E-state index in [0.717, 1.165) is 37.4 Å². The second-order valence-electron chi connectivity index (χ2n) is 10.7. The molecule has 0 atom stereocenters. The molecule has 4 aromatic rings. The smallest absolute Gasteiger partial charge is 0.423 e. The van der Waals surface area contributed by atoms with E-state index in [1.54, 1.807) is 18.2 Å². The van der Waals surface area contributed by atoms with Crippen LogP contribution in [0.4, 0.5) is 18.9 Å². The van der Waals surface area contributed by atoms with Crippen LogP contribution >= 0.6 is 11.6 Å². The van der Waals surface area contributed by atoms with Crippen molar-refractivity contribution in [1.82, 2.24) is 10.3 Å². The molecular formula is C30H29ClF3N3O3. The van der Waals surface area contributed by atoms with Gasteiger partial charge in [-0.25, -0.2) is 9.78 Å². The number of halogens is 4. The summed E-state index contributed by atoms with van der Waals surface area (Å²) in [6.07, 6.45) is -1.04. The Hall–Kier alpha value is -3.59. The minimum Gasteiger partial charge on any atom is -0.423 e. The Morgan fingerprint density at radius 2 is 1.77 bits per heavy atom. The number of carbonyl (C=O) groups is 1. The summed E-state index contributed by atoms with van der Waals surface area (Å²) in [7, 11) is 3.78. The third kappa shape index (κ3) is 6.25. The van der Waals surface area contributed by atoms with E-state index in [2.05, 4.69) is 10.3 Å². The topological polar surface area (TPSA) is 75.4 Å². The van der Waals surface area contributed by atoms with Gasteiger partial charge in [-0.15, -0.1) is 0 Å². The molecule has 1 aliphatic rings. The van der Waals surface area contributed by atoms with E-state index in [-0.39, 0.29) is 29.8 Å². The monoisotopic (exact) mass is 571 g/mol. The Bertz CT molecular complexity index is 1630. The second kappa shape index (κ2) is 11.1. The zero-order valence-corrected chi connectivity index (χ0v) is 22.9. The first-order valence-corrected chi connectivity index (χ1v) is 13.5. The van der Waals surface area contributed by atoms with Gasteiger partial charge in [0, 0.05) is 53.8 Å². The number of fused-ring (bicyclic) bond motifs is 2. The average molecular weight is 572 g/mol. The number of rotatable bonds is 6. The summed E-state index contributed by atoms with van der Waals surface area (Å²) in [6, 6.07) is 12.7. The van der Waals surface area contributed by atoms with Crippen LogP contribution in [0.1, 0.15) is 42.5 Å². The highest BCUT2D eigenvalue weighted by Gasteiger charge is 2.34. The number of hydrogen-bond donors (Lipinski definition) is 1. The fourth-order valence-corrected chi connectivity index (χ4v) is 5.67. The normalized spacial score (nSPS) is 17.8. The Morgan fingerprint density at radius 3 is 2.48 bits per heavy atom. The molecule has 2 aromatic carbocycles. The number of pyridine rings is 1. The maximum atomic E-state index is 13.5. The van der Waals surface area contributed by atoms with Crippen LogP contribution < -0.4 is 15.8 Å². The minimum absolute atomic E-state index is 0.0372. The zero-order valence-electron chi connectivity index (χ0n) is 22.1. The summed E-state index contributed by atoms with van der Waals surface area (Å²) in [6.45, 7) is 0. The molecule has 210 valence electrons. The molecule has 10 heteroatoms. The van der Waals surface area contributed by atoms with Crippen molar-refractivity contribution in [2.45, 2.75) is 50.7 Å². The fraction of sp³-hybridized carbons (Fsp3) is 0.367. The van der Waals surface area contributed by atoms with Crippen LogP contribution in [0, 0.1) is 5.92 Å². The van der Waals surface area contributed by atoms with Gasteiger partial charge >= 0.3 is 11.8 Å². The third-order valence-corrected chi connectivity index (χ3v) is 7.78. The quantitative estimate of drug-likeness (QED) is 0.266. The average Bonchev–Trinajstić information content (AvgIpc) is 2.88. The van der Waals surface area contributed by atoms with Gasteiger partial charge in [0.2, 0.25) is 5.91 Å². The van der Waals surface area contributed by atoms with E-state index in [1.165, 1.54) is 12.1 Å². The predicted octanol–water partition coefficient (Wildman–Crippen LogP) is 6.54. The van der Waals surface area contributed by atoms with Gasteiger partial charge in [0.05, 0.1) is 11.9 Å². The lowest BCUT2D eigenvalue weighted by atomic mass is 9.81. The number of alkyl halides is 3. The lowest BCUT2D eigenvalue weighted by Gasteiger charge is -2.29. The van der Waals surface area contributed by atoms with Gasteiger partial charge in [0.25, 0.3) is 0 Å². The number of benzene rings is 2. The number of aromatic nitrogens is 1. The van der Waals surface area contributed by atoms with Crippen LogP contribution in [0.25, 0.3) is 21.9 Å². The molecule has 6 nitrogen and oxygen atoms in total. The van der Waals surface area contributed by atoms with E-state index < -0.39 is 17.5 Å². The van der Waals surface area contributed by atoms with Gasteiger partial charge in [-0.1, -0.05) is 11.6 Å². The van der Waals surface area contributed by atoms with Crippen LogP contribution in [-0.4, -0.2) is 31.0 Å². The highest BCUT2D eigenvalue weighted by molar-refractivity contribution is 6.31. The molecule has 2 aromatic heterocycles. The summed E-state index contributed by atoms with van der Waals surface area (Å²) in [5, 5.41) is 4.87. The Labute approximate surface area is 234 Å². The van der Waals surface area contributed by atoms with E-state index in [9.17, 15) is 22.8 Å². The molecule has 0 saturated heterocycles. The molecule has 0 bridgehead atoms. The van der Waals surface area contributed by atoms with Crippen molar-refractivity contribution in [2.75, 3.05) is 19.0 Å². The molecule has 0 radical (unpaired) electrons. The second-order valence-corrected chi connectivity index (χ2v) is 11.1. The first kappa shape index (κ1) is 28.0. The lowest BCUT2D eigenvalue weighted by molar-refractivity contribution is -0.141. The standard InChI is InChI=1S/C30H29ClF3N3O3/c1-37(2)22-8-9-23-19(14-29(39)40-26(23)16-22)13-28(38)35-21-6-3-17(4-7-21)11-18-12-27(30(32,33)34)36-25-10-5-20(31)15-24(18)25/h5,8-10,12,14-17,21H,3-4,6-7,11,13H2,1-2H3,(H,35,38). The van der Waals surface area contributed by atoms with Gasteiger partial charge in [-0.3, -0.25) is 4.79 Å². The molecule has 0 aliphatic heterocycles. The number of hydrogen-bond acceptors (Lipinski definition) is 5. The van der Waals surface area contributed by atoms with Crippen LogP contribution in [-0.2, 0) is 23.8 Å². The SMILES string of the molecule is CN(C)c1ccc2c(CC(=O)NC3CCC(Cc4cc(C(F)(F)F)nc5ccc(Cl)cc45)CC3)cc(=O)oc2c1. The number of nitrogens with zero attached hydrogens (tertiary/aromatic N) is 2. The van der Waals surface area contributed by atoms with Gasteiger partial charge in [-0.2, -0.15) is 13.2 Å². The van der Waals surface area contributed by atoms with Crippen LogP contribution in [0.5, 0.6) is 0 Å². The van der Waals surface area contributed by atoms with Crippen molar-refractivity contribution < 1.29 is 22.4 Å². The maximum Gasteiger partial charge on any atom is 0.433 e. The summed E-state index contributed by atoms with van der Waals surface area (Å²) in [5.74, 6) is -0.0102. The van der Waals surface area contributed by atoms with Crippen LogP contribution in [0.2, 0.25) is 5.02 Å². The molecule has 0 unspecified atom stereocenters. The van der Waals surface area contributed by atoms with E-state index in [1.807, 2.05) is 31.1 Å². The molecule has 1 N–H and O–H groups in total. The summed E-state index contributed by atoms with van der Waals surface area (Å²) < 4.78 is 45.8. The summed E-state index contributed by atoms with van der Waals surface area (Å²) in [5.41, 5.74) is 1.36. The van der Waals surface area contributed by atoms with Crippen molar-refractivity contribution in [1.29, 1.82) is 0 Å². The summed E-state index contributed by atoms with van der Waals surface area (Å²) >= 11 is 6.13. The largest absolute Gasteiger partial charge is 0.433 e. The highest BCUT2D eigenvalue weighted by Crippen LogP contribution is 2.35. The number of anilines is 1. The minimum atomic E-state index is -4.54. The van der Waals surface area contributed by atoms with Crippen LogP contribution in [0.15, 0.2) is 57.7 Å². The molecule has 1 fully saturated rings. The fourth-order valence-electron chi connectivity index (χ4n) is 5.50. The van der Waals surface area contributed by atoms with Crippen molar-refractivity contribution in [3.8, 4) is 0 Å². The molecule has 40 heavy (non-hydrogen) atoms. The molecule has 1 aliphatic carbocycles. The van der Waals surface area contributed by atoms with Crippen molar-refractivity contribution in [2.24, 2.45) is 5.92 Å². The first-order valence-electron chi connectivity index (χ1n) is 13.2. The van der Waals surface area contributed by atoms with Crippen LogP contribution in [0.3, 0.4) is 0 Å². The molecule has 1 amide bonds. The zero-order chi connectivity index (χ0) is 28.6. The highest BCUT2D eigenvalue weighted by atomic mass is 35.5. The maximum absolute atomic E-state index is 13.5. The Balaban J connectivity index is 1.24. The van der Waals surface area contributed by atoms with E-state index >= 15 is 0 Å². The first-order chi connectivity index (χ1) is 19.0. The molecule has 5 rings (SSSR count). The van der Waals surface area contributed by atoms with Gasteiger partial charge in [0.15, 0.2) is 0 Å². The summed E-state index contributed by atoms with van der Waals surface area (Å²) in [4.78, 5) is 30.7. The van der Waals surface area contributed by atoms with E-state index in [0.29, 0.717) is 38.9 Å². The molecule has 0 spiro atoms. The van der Waals surface area contributed by atoms with Crippen molar-refractivity contribution in [3.05, 3.63) is 80.8 Å². The Kier molecular flexibility index (Phi) is 7.77. The third-order valence-electron chi connectivity index (χ3n) is 7.55. The van der Waals surface area contributed by atoms with Gasteiger partial charge < -0.3 is 14.6 Å². The Morgan fingerprint density at radius 1 is 1.02 bits per heavy atom. The lowest BCUT2D eigenvalue weighted by Crippen LogP contribution is -2.38. The number of nitrogens with one attached hydrogen (secondary N) is 1. The number of carbonyl (C=O) groups excluding carboxylic acids is 1. The van der Waals surface area contributed by atoms with Gasteiger partial charge in [-0.05, 0) is 85.5 Å². The van der Waals surface area contributed by atoms with Gasteiger partial charge in [0.1, 0.15) is 11.3 Å². The van der Waals surface area contributed by atoms with E-state index in [4.69, 9.17) is 16.0 Å². The van der Waals surface area contributed by atoms with Crippen molar-refractivity contribution >= 4 is 45.1 Å². The molecule has 1 saturated carbocycles. The molecule has 2 heterocycles. The number of amides is 1.